The number of aromatic amines is 1. The molecule has 6 nitrogen and oxygen atoms in total. The van der Waals surface area contributed by atoms with Crippen LogP contribution >= 0.6 is 11.3 Å². The summed E-state index contributed by atoms with van der Waals surface area (Å²) in [5.41, 5.74) is 3.15. The van der Waals surface area contributed by atoms with Gasteiger partial charge < -0.3 is 9.55 Å². The molecule has 0 aliphatic heterocycles. The number of nitrogens with one attached hydrogen (secondary N) is 2. The molecule has 1 amide bonds. The molecule has 0 radical (unpaired) electrons. The van der Waals surface area contributed by atoms with Crippen molar-refractivity contribution in [3.63, 3.8) is 0 Å². The minimum Gasteiger partial charge on any atom is -0.324 e. The van der Waals surface area contributed by atoms with E-state index in [1.165, 1.54) is 0 Å². The molecule has 3 heterocycles. The molecule has 0 aliphatic carbocycles. The number of imidazole rings is 1. The Kier molecular flexibility index (Phi) is 3.32. The first-order valence-corrected chi connectivity index (χ1v) is 8.88. The molecular formula is C19H13N5OS. The molecule has 0 fully saturated rings. The van der Waals surface area contributed by atoms with E-state index in [2.05, 4.69) is 20.3 Å². The van der Waals surface area contributed by atoms with E-state index in [0.717, 1.165) is 26.4 Å². The number of carbonyl (C=O) groups excluding carboxylic acids is 1. The Morgan fingerprint density at radius 2 is 1.85 bits per heavy atom. The van der Waals surface area contributed by atoms with Crippen molar-refractivity contribution in [3.8, 4) is 5.13 Å². The van der Waals surface area contributed by atoms with E-state index in [9.17, 15) is 4.79 Å². The third-order valence-electron chi connectivity index (χ3n) is 4.09. The maximum absolute atomic E-state index is 12.6. The lowest BCUT2D eigenvalue weighted by molar-refractivity contribution is 0.102. The van der Waals surface area contributed by atoms with Crippen molar-refractivity contribution in [1.82, 2.24) is 19.5 Å². The number of rotatable bonds is 3. The van der Waals surface area contributed by atoms with Gasteiger partial charge in [0, 0.05) is 18.0 Å². The van der Waals surface area contributed by atoms with Crippen molar-refractivity contribution < 1.29 is 4.79 Å². The maximum Gasteiger partial charge on any atom is 0.258 e. The van der Waals surface area contributed by atoms with Gasteiger partial charge in [-0.3, -0.25) is 10.1 Å². The molecule has 2 aromatic carbocycles. The predicted octanol–water partition coefficient (Wildman–Crippen LogP) is 4.22. The Balaban J connectivity index is 1.45. The molecule has 0 unspecified atom stereocenters. The summed E-state index contributed by atoms with van der Waals surface area (Å²) in [6.07, 6.45) is 3.90. The van der Waals surface area contributed by atoms with E-state index in [4.69, 9.17) is 0 Å². The number of hydrogen-bond acceptors (Lipinski definition) is 4. The number of aromatic nitrogens is 4. The van der Waals surface area contributed by atoms with Gasteiger partial charge in [0.2, 0.25) is 5.95 Å². The summed E-state index contributed by atoms with van der Waals surface area (Å²) >= 11 is 1.55. The molecule has 2 N–H and O–H groups in total. The summed E-state index contributed by atoms with van der Waals surface area (Å²) in [7, 11) is 0. The molecule has 26 heavy (non-hydrogen) atoms. The smallest absolute Gasteiger partial charge is 0.258 e. The van der Waals surface area contributed by atoms with Crippen LogP contribution in [0.4, 0.5) is 5.95 Å². The quantitative estimate of drug-likeness (QED) is 0.506. The van der Waals surface area contributed by atoms with Crippen molar-refractivity contribution in [2.75, 3.05) is 5.32 Å². The first kappa shape index (κ1) is 14.9. The highest BCUT2D eigenvalue weighted by molar-refractivity contribution is 7.20. The van der Waals surface area contributed by atoms with E-state index in [1.807, 2.05) is 65.5 Å². The third kappa shape index (κ3) is 2.55. The van der Waals surface area contributed by atoms with Crippen LogP contribution in [-0.4, -0.2) is 25.4 Å². The topological polar surface area (TPSA) is 75.6 Å². The Morgan fingerprint density at radius 3 is 2.69 bits per heavy atom. The number of para-hydroxylation sites is 2. The van der Waals surface area contributed by atoms with Crippen molar-refractivity contribution in [2.24, 2.45) is 0 Å². The van der Waals surface area contributed by atoms with Crippen LogP contribution in [0.3, 0.4) is 0 Å². The molecule has 0 saturated heterocycles. The second kappa shape index (κ2) is 5.82. The van der Waals surface area contributed by atoms with Crippen LogP contribution in [0.15, 0.2) is 67.0 Å². The van der Waals surface area contributed by atoms with Gasteiger partial charge in [-0.05, 0) is 42.5 Å². The van der Waals surface area contributed by atoms with Gasteiger partial charge in [-0.25, -0.2) is 9.97 Å². The average molecular weight is 359 g/mol. The zero-order chi connectivity index (χ0) is 17.5. The molecule has 0 aliphatic rings. The van der Waals surface area contributed by atoms with Gasteiger partial charge in [0.25, 0.3) is 5.91 Å². The standard InChI is InChI=1S/C19H13N5OS/c25-17(23-18-20-13-5-1-2-6-14(13)21-18)12-7-8-15-16(11-12)26-19(22-15)24-9-3-4-10-24/h1-11H,(H2,20,21,23,25). The molecule has 126 valence electrons. The van der Waals surface area contributed by atoms with Gasteiger partial charge in [-0.15, -0.1) is 0 Å². The molecule has 7 heteroatoms. The maximum atomic E-state index is 12.6. The number of anilines is 1. The van der Waals surface area contributed by atoms with Crippen LogP contribution in [0.5, 0.6) is 0 Å². The van der Waals surface area contributed by atoms with E-state index in [-0.39, 0.29) is 5.91 Å². The van der Waals surface area contributed by atoms with E-state index >= 15 is 0 Å². The van der Waals surface area contributed by atoms with E-state index in [1.54, 1.807) is 17.4 Å². The van der Waals surface area contributed by atoms with Crippen molar-refractivity contribution in [2.45, 2.75) is 0 Å². The highest BCUT2D eigenvalue weighted by atomic mass is 32.1. The third-order valence-corrected chi connectivity index (χ3v) is 5.12. The fourth-order valence-corrected chi connectivity index (χ4v) is 3.79. The van der Waals surface area contributed by atoms with Crippen LogP contribution in [0.1, 0.15) is 10.4 Å². The molecular weight excluding hydrogens is 346 g/mol. The van der Waals surface area contributed by atoms with Crippen molar-refractivity contribution in [3.05, 3.63) is 72.6 Å². The highest BCUT2D eigenvalue weighted by Crippen LogP contribution is 2.26. The number of H-pyrrole nitrogens is 1. The molecule has 0 saturated carbocycles. The molecule has 5 rings (SSSR count). The minimum atomic E-state index is -0.207. The summed E-state index contributed by atoms with van der Waals surface area (Å²) in [5.74, 6) is 0.232. The van der Waals surface area contributed by atoms with Crippen LogP contribution < -0.4 is 5.32 Å². The number of amides is 1. The van der Waals surface area contributed by atoms with Crippen LogP contribution in [-0.2, 0) is 0 Å². The lowest BCUT2D eigenvalue weighted by Gasteiger charge is -2.01. The molecule has 0 bridgehead atoms. The lowest BCUT2D eigenvalue weighted by Crippen LogP contribution is -2.12. The second-order valence-electron chi connectivity index (χ2n) is 5.83. The Labute approximate surface area is 152 Å². The number of carbonyl (C=O) groups is 1. The fourth-order valence-electron chi connectivity index (χ4n) is 2.82. The average Bonchev–Trinajstić information content (AvgIpc) is 3.38. The fraction of sp³-hybridized carbons (Fsp3) is 0. The lowest BCUT2D eigenvalue weighted by atomic mass is 10.2. The monoisotopic (exact) mass is 359 g/mol. The van der Waals surface area contributed by atoms with Gasteiger partial charge in [0.15, 0.2) is 5.13 Å². The summed E-state index contributed by atoms with van der Waals surface area (Å²) in [6, 6.07) is 17.1. The molecule has 5 aromatic rings. The first-order chi connectivity index (χ1) is 12.8. The Morgan fingerprint density at radius 1 is 1.00 bits per heavy atom. The molecule has 3 aromatic heterocycles. The number of benzene rings is 2. The van der Waals surface area contributed by atoms with Gasteiger partial charge in [-0.1, -0.05) is 23.5 Å². The van der Waals surface area contributed by atoms with Gasteiger partial charge in [0.05, 0.1) is 21.3 Å². The number of hydrogen-bond donors (Lipinski definition) is 2. The minimum absolute atomic E-state index is 0.207. The number of thiazole rings is 1. The molecule has 0 spiro atoms. The summed E-state index contributed by atoms with van der Waals surface area (Å²) in [4.78, 5) is 24.7. The highest BCUT2D eigenvalue weighted by Gasteiger charge is 2.12. The van der Waals surface area contributed by atoms with Crippen LogP contribution in [0.25, 0.3) is 26.4 Å². The van der Waals surface area contributed by atoms with Gasteiger partial charge >= 0.3 is 0 Å². The largest absolute Gasteiger partial charge is 0.324 e. The van der Waals surface area contributed by atoms with Crippen molar-refractivity contribution in [1.29, 1.82) is 0 Å². The van der Waals surface area contributed by atoms with Gasteiger partial charge in [0.1, 0.15) is 0 Å². The second-order valence-corrected chi connectivity index (χ2v) is 6.84. The summed E-state index contributed by atoms with van der Waals surface area (Å²) in [6.45, 7) is 0. The van der Waals surface area contributed by atoms with Crippen molar-refractivity contribution >= 4 is 44.4 Å². The zero-order valence-corrected chi connectivity index (χ0v) is 14.3. The summed E-state index contributed by atoms with van der Waals surface area (Å²) in [5, 5.41) is 3.69. The summed E-state index contributed by atoms with van der Waals surface area (Å²) < 4.78 is 2.92. The van der Waals surface area contributed by atoms with Gasteiger partial charge in [-0.2, -0.15) is 0 Å². The Bertz CT molecular complexity index is 1200. The normalized spacial score (nSPS) is 11.2. The SMILES string of the molecule is O=C(Nc1nc2ccccc2[nH]1)c1ccc2nc(-n3cccc3)sc2c1. The van der Waals surface area contributed by atoms with Crippen LogP contribution in [0.2, 0.25) is 0 Å². The zero-order valence-electron chi connectivity index (χ0n) is 13.5. The Hall–Kier alpha value is -3.45. The van der Waals surface area contributed by atoms with E-state index < -0.39 is 0 Å². The predicted molar refractivity (Wildman–Crippen MR) is 103 cm³/mol. The van der Waals surface area contributed by atoms with Crippen LogP contribution in [0, 0.1) is 0 Å². The molecule has 0 atom stereocenters. The van der Waals surface area contributed by atoms with E-state index in [0.29, 0.717) is 11.5 Å². The number of nitrogens with zero attached hydrogens (tertiary/aromatic N) is 3. The first-order valence-electron chi connectivity index (χ1n) is 8.06. The number of fused-ring (bicyclic) bond motifs is 2.